The van der Waals surface area contributed by atoms with E-state index in [1.807, 2.05) is 0 Å². The van der Waals surface area contributed by atoms with Gasteiger partial charge in [0.05, 0.1) is 0 Å². The second kappa shape index (κ2) is 13.9. The molecular weight excluding hydrogens is 629 g/mol. The first-order valence-electron chi connectivity index (χ1n) is 18.1. The molecule has 0 unspecified atom stereocenters. The molecule has 0 amide bonds. The average molecular weight is 667 g/mol. The lowest BCUT2D eigenvalue weighted by atomic mass is 9.99. The molecule has 0 aliphatic heterocycles. The summed E-state index contributed by atoms with van der Waals surface area (Å²) >= 11 is 0. The molecule has 8 aromatic carbocycles. The quantitative estimate of drug-likeness (QED) is 0.159. The van der Waals surface area contributed by atoms with E-state index in [-0.39, 0.29) is 0 Å². The Kier molecular flexibility index (Phi) is 8.40. The second-order valence-electron chi connectivity index (χ2n) is 13.3. The van der Waals surface area contributed by atoms with Gasteiger partial charge in [-0.3, -0.25) is 0 Å². The topological polar surface area (TPSA) is 6.48 Å². The Balaban J connectivity index is 0.975. The van der Waals surface area contributed by atoms with Crippen LogP contribution in [-0.2, 0) is 0 Å². The molecule has 0 saturated heterocycles. The minimum absolute atomic E-state index is 1.05. The molecule has 0 aromatic heterocycles. The Labute approximate surface area is 305 Å². The van der Waals surface area contributed by atoms with Gasteiger partial charge < -0.3 is 9.80 Å². The zero-order chi connectivity index (χ0) is 34.7. The molecule has 0 saturated carbocycles. The Morgan fingerprint density at radius 2 is 0.712 bits per heavy atom. The number of fused-ring (bicyclic) bond motifs is 2. The third-order valence-corrected chi connectivity index (χ3v) is 10.0. The lowest BCUT2D eigenvalue weighted by molar-refractivity contribution is 0.997. The van der Waals surface area contributed by atoms with Gasteiger partial charge in [0.1, 0.15) is 0 Å². The van der Waals surface area contributed by atoms with Crippen LogP contribution in [-0.4, -0.2) is 0 Å². The minimum atomic E-state index is 1.05. The summed E-state index contributed by atoms with van der Waals surface area (Å²) in [6.45, 7) is 0. The fourth-order valence-electron chi connectivity index (χ4n) is 7.33. The summed E-state index contributed by atoms with van der Waals surface area (Å²) in [5.74, 6) is 0. The van der Waals surface area contributed by atoms with E-state index in [0.29, 0.717) is 0 Å². The molecule has 9 rings (SSSR count). The molecule has 0 spiro atoms. The molecule has 0 N–H and O–H groups in total. The van der Waals surface area contributed by atoms with Crippen molar-refractivity contribution in [3.63, 3.8) is 0 Å². The fourth-order valence-corrected chi connectivity index (χ4v) is 7.33. The van der Waals surface area contributed by atoms with Crippen molar-refractivity contribution in [3.8, 4) is 22.3 Å². The zero-order valence-electron chi connectivity index (χ0n) is 28.9. The van der Waals surface area contributed by atoms with Crippen LogP contribution in [0.4, 0.5) is 28.4 Å². The molecule has 2 heteroatoms. The van der Waals surface area contributed by atoms with E-state index >= 15 is 0 Å². The summed E-state index contributed by atoms with van der Waals surface area (Å²) < 4.78 is 0. The third kappa shape index (κ3) is 6.27. The van der Waals surface area contributed by atoms with Crippen LogP contribution in [0.5, 0.6) is 0 Å². The zero-order valence-corrected chi connectivity index (χ0v) is 28.9. The van der Waals surface area contributed by atoms with Crippen molar-refractivity contribution in [1.29, 1.82) is 0 Å². The number of anilines is 5. The molecule has 248 valence electrons. The maximum atomic E-state index is 2.37. The summed E-state index contributed by atoms with van der Waals surface area (Å²) in [6.07, 6.45) is 9.01. The van der Waals surface area contributed by atoms with Crippen LogP contribution in [0.3, 0.4) is 0 Å². The Hall–Kier alpha value is -6.64. The van der Waals surface area contributed by atoms with Crippen molar-refractivity contribution in [3.05, 3.63) is 212 Å². The summed E-state index contributed by atoms with van der Waals surface area (Å²) in [5.41, 5.74) is 11.7. The standard InChI is InChI=1S/C50H38N2/c1-3-15-45(16-4-1)51(49-33-27-37-11-7-9-13-43(37)35-49)47-29-23-41(24-30-47)39-19-21-40(22-20-39)42-25-31-48(32-26-42)52(46-17-5-2-6-18-46)50-34-28-38-12-8-10-14-44(38)36-50/h1,3-5,7-36H,2,6H2. The lowest BCUT2D eigenvalue weighted by Crippen LogP contribution is -2.16. The molecular formula is C50H38N2. The van der Waals surface area contributed by atoms with Gasteiger partial charge in [-0.2, -0.15) is 0 Å². The van der Waals surface area contributed by atoms with Gasteiger partial charge in [0.2, 0.25) is 0 Å². The Morgan fingerprint density at radius 3 is 1.21 bits per heavy atom. The van der Waals surface area contributed by atoms with Crippen molar-refractivity contribution in [1.82, 2.24) is 0 Å². The molecule has 8 aromatic rings. The molecule has 52 heavy (non-hydrogen) atoms. The smallest absolute Gasteiger partial charge is 0.0468 e. The number of rotatable bonds is 8. The number of nitrogens with zero attached hydrogens (tertiary/aromatic N) is 2. The first kappa shape index (κ1) is 31.3. The molecule has 0 heterocycles. The highest BCUT2D eigenvalue weighted by molar-refractivity contribution is 5.90. The number of hydrogen-bond donors (Lipinski definition) is 0. The van der Waals surface area contributed by atoms with E-state index in [4.69, 9.17) is 0 Å². The molecule has 0 atom stereocenters. The molecule has 2 nitrogen and oxygen atoms in total. The van der Waals surface area contributed by atoms with Crippen LogP contribution in [0.2, 0.25) is 0 Å². The monoisotopic (exact) mass is 666 g/mol. The molecule has 0 radical (unpaired) electrons. The van der Waals surface area contributed by atoms with E-state index in [2.05, 4.69) is 216 Å². The predicted molar refractivity (Wildman–Crippen MR) is 222 cm³/mol. The number of benzene rings is 8. The van der Waals surface area contributed by atoms with Crippen LogP contribution >= 0.6 is 0 Å². The van der Waals surface area contributed by atoms with Gasteiger partial charge in [-0.1, -0.05) is 140 Å². The molecule has 0 fully saturated rings. The van der Waals surface area contributed by atoms with Crippen molar-refractivity contribution in [2.45, 2.75) is 12.8 Å². The summed E-state index contributed by atoms with van der Waals surface area (Å²) in [6, 6.07) is 67.9. The van der Waals surface area contributed by atoms with E-state index < -0.39 is 0 Å². The van der Waals surface area contributed by atoms with Crippen molar-refractivity contribution >= 4 is 50.0 Å². The maximum absolute atomic E-state index is 2.37. The van der Waals surface area contributed by atoms with Crippen LogP contribution in [0.1, 0.15) is 12.8 Å². The van der Waals surface area contributed by atoms with Gasteiger partial charge >= 0.3 is 0 Å². The van der Waals surface area contributed by atoms with E-state index in [0.717, 1.165) is 35.6 Å². The van der Waals surface area contributed by atoms with Crippen LogP contribution in [0.15, 0.2) is 212 Å². The van der Waals surface area contributed by atoms with Gasteiger partial charge in [-0.05, 0) is 123 Å². The van der Waals surface area contributed by atoms with Crippen molar-refractivity contribution in [2.24, 2.45) is 0 Å². The lowest BCUT2D eigenvalue weighted by Gasteiger charge is -2.28. The fraction of sp³-hybridized carbons (Fsp3) is 0.0400. The third-order valence-electron chi connectivity index (χ3n) is 10.0. The second-order valence-corrected chi connectivity index (χ2v) is 13.3. The molecule has 1 aliphatic carbocycles. The van der Waals surface area contributed by atoms with Gasteiger partial charge in [0.25, 0.3) is 0 Å². The van der Waals surface area contributed by atoms with Gasteiger partial charge in [-0.15, -0.1) is 0 Å². The van der Waals surface area contributed by atoms with Gasteiger partial charge in [0, 0.05) is 34.1 Å². The Morgan fingerprint density at radius 1 is 0.308 bits per heavy atom. The maximum Gasteiger partial charge on any atom is 0.0468 e. The predicted octanol–water partition coefficient (Wildman–Crippen LogP) is 14.2. The first-order valence-corrected chi connectivity index (χ1v) is 18.1. The SMILES string of the molecule is C1=CC(N(c2ccc(-c3ccc(-c4ccc(N(c5ccccc5)c5ccc6ccccc6c5)cc4)cc3)cc2)c2ccc3ccccc3c2)=CCC1. The highest BCUT2D eigenvalue weighted by Gasteiger charge is 2.16. The van der Waals surface area contributed by atoms with E-state index in [1.165, 1.54) is 55.2 Å². The first-order chi connectivity index (χ1) is 25.8. The summed E-state index contributed by atoms with van der Waals surface area (Å²) in [7, 11) is 0. The summed E-state index contributed by atoms with van der Waals surface area (Å²) in [5, 5.41) is 4.97. The van der Waals surface area contributed by atoms with Crippen LogP contribution in [0, 0.1) is 0 Å². The van der Waals surface area contributed by atoms with E-state index in [1.54, 1.807) is 0 Å². The van der Waals surface area contributed by atoms with Gasteiger partial charge in [-0.25, -0.2) is 0 Å². The Bertz CT molecular complexity index is 2550. The van der Waals surface area contributed by atoms with Crippen LogP contribution in [0.25, 0.3) is 43.8 Å². The largest absolute Gasteiger partial charge is 0.311 e. The molecule has 0 bridgehead atoms. The average Bonchev–Trinajstić information content (AvgIpc) is 3.22. The van der Waals surface area contributed by atoms with Crippen LogP contribution < -0.4 is 9.80 Å². The number of hydrogen-bond acceptors (Lipinski definition) is 2. The molecule has 1 aliphatic rings. The number of para-hydroxylation sites is 1. The minimum Gasteiger partial charge on any atom is -0.311 e. The van der Waals surface area contributed by atoms with Crippen molar-refractivity contribution < 1.29 is 0 Å². The van der Waals surface area contributed by atoms with Gasteiger partial charge in [0.15, 0.2) is 0 Å². The highest BCUT2D eigenvalue weighted by Crippen LogP contribution is 2.38. The highest BCUT2D eigenvalue weighted by atomic mass is 15.1. The summed E-state index contributed by atoms with van der Waals surface area (Å²) in [4.78, 5) is 4.70. The van der Waals surface area contributed by atoms with E-state index in [9.17, 15) is 0 Å². The number of allylic oxidation sites excluding steroid dienone is 3. The van der Waals surface area contributed by atoms with Crippen molar-refractivity contribution in [2.75, 3.05) is 9.80 Å². The normalized spacial score (nSPS) is 12.5.